The number of aryl methyl sites for hydroxylation is 1. The van der Waals surface area contributed by atoms with Crippen LogP contribution in [0.2, 0.25) is 5.02 Å². The van der Waals surface area contributed by atoms with Crippen LogP contribution in [0.5, 0.6) is 0 Å². The first-order valence-electron chi connectivity index (χ1n) is 9.15. The summed E-state index contributed by atoms with van der Waals surface area (Å²) in [6, 6.07) is 5.48. The maximum absolute atomic E-state index is 14.2. The highest BCUT2D eigenvalue weighted by Gasteiger charge is 2.35. The molecule has 168 valence electrons. The van der Waals surface area contributed by atoms with Crippen LogP contribution in [0.3, 0.4) is 0 Å². The topological polar surface area (TPSA) is 81.1 Å². The Morgan fingerprint density at radius 2 is 1.87 bits per heavy atom. The Hall–Kier alpha value is -1.69. The summed E-state index contributed by atoms with van der Waals surface area (Å²) in [5.74, 6) is -4.51. The molecule has 0 aliphatic carbocycles. The van der Waals surface area contributed by atoms with E-state index >= 15 is 0 Å². The van der Waals surface area contributed by atoms with Crippen molar-refractivity contribution in [2.24, 2.45) is 5.92 Å². The predicted octanol–water partition coefficient (Wildman–Crippen LogP) is 5.19. The molecule has 6 nitrogen and oxygen atoms in total. The van der Waals surface area contributed by atoms with Gasteiger partial charge in [0, 0.05) is 21.5 Å². The van der Waals surface area contributed by atoms with Gasteiger partial charge in [-0.05, 0) is 38.1 Å². The zero-order chi connectivity index (χ0) is 23.1. The molecular formula is C19H20ClF2N3O3S3. The van der Waals surface area contributed by atoms with E-state index in [4.69, 9.17) is 11.6 Å². The number of anilines is 1. The third kappa shape index (κ3) is 4.89. The van der Waals surface area contributed by atoms with Crippen LogP contribution >= 0.6 is 34.7 Å². The molecule has 3 rings (SSSR count). The minimum absolute atomic E-state index is 0.0708. The van der Waals surface area contributed by atoms with Crippen LogP contribution in [0.25, 0.3) is 5.69 Å². The number of fused-ring (bicyclic) bond motifs is 1. The monoisotopic (exact) mass is 507 g/mol. The number of imidazole rings is 1. The summed E-state index contributed by atoms with van der Waals surface area (Å²) in [4.78, 5) is 17.1. The van der Waals surface area contributed by atoms with Crippen LogP contribution in [0.1, 0.15) is 24.4 Å². The number of nitrogens with one attached hydrogen (secondary N) is 1. The van der Waals surface area contributed by atoms with E-state index in [1.807, 2.05) is 0 Å². The van der Waals surface area contributed by atoms with E-state index in [1.54, 1.807) is 13.8 Å². The molecule has 12 heteroatoms. The number of nitrogens with zero attached hydrogens (tertiary/aromatic N) is 2. The maximum Gasteiger partial charge on any atom is 0.354 e. The van der Waals surface area contributed by atoms with E-state index in [2.05, 4.69) is 9.71 Å². The summed E-state index contributed by atoms with van der Waals surface area (Å²) in [5, 5.41) is 0.367. The van der Waals surface area contributed by atoms with Gasteiger partial charge in [-0.2, -0.15) is 4.98 Å². The fourth-order valence-corrected chi connectivity index (χ4v) is 6.32. The second kappa shape index (κ2) is 8.68. The number of hydrogen-bond acceptors (Lipinski definition) is 6. The van der Waals surface area contributed by atoms with Gasteiger partial charge in [-0.3, -0.25) is 9.29 Å². The summed E-state index contributed by atoms with van der Waals surface area (Å²) < 4.78 is 58.0. The minimum atomic E-state index is -4.08. The first kappa shape index (κ1) is 24.0. The Labute approximate surface area is 192 Å². The molecule has 0 saturated heterocycles. The highest BCUT2D eigenvalue weighted by Crippen LogP contribution is 2.41. The maximum atomic E-state index is 14.2. The zero-order valence-electron chi connectivity index (χ0n) is 17.1. The van der Waals surface area contributed by atoms with E-state index in [-0.39, 0.29) is 16.4 Å². The van der Waals surface area contributed by atoms with Crippen molar-refractivity contribution in [2.45, 2.75) is 42.7 Å². The molecule has 0 radical (unpaired) electrons. The van der Waals surface area contributed by atoms with Crippen LogP contribution in [0.4, 0.5) is 14.6 Å². The Balaban J connectivity index is 2.08. The normalized spacial score (nSPS) is 12.6. The molecule has 1 N–H and O–H groups in total. The molecule has 2 heterocycles. The number of aromatic nitrogens is 2. The standard InChI is InChI=1S/C19H20ClF2N3O3S3/c1-10(2)19(21,22)9-29-17-15-16(23-18(26)25(15)11(3)12(4)30-17)24-31(27,28)14-7-5-13(20)6-8-14/h5-8,10H,9H2,1-4H3,(H,23,24,26). The van der Waals surface area contributed by atoms with Crippen molar-refractivity contribution >= 4 is 50.5 Å². The van der Waals surface area contributed by atoms with Crippen molar-refractivity contribution in [3.05, 3.63) is 50.3 Å². The van der Waals surface area contributed by atoms with Gasteiger partial charge < -0.3 is 0 Å². The molecule has 0 spiro atoms. The Morgan fingerprint density at radius 1 is 1.26 bits per heavy atom. The molecule has 0 atom stereocenters. The van der Waals surface area contributed by atoms with Crippen LogP contribution in [0.15, 0.2) is 38.2 Å². The molecule has 0 amide bonds. The molecule has 0 unspecified atom stereocenters. The van der Waals surface area contributed by atoms with Crippen LogP contribution in [-0.4, -0.2) is 29.6 Å². The quantitative estimate of drug-likeness (QED) is 0.445. The molecule has 0 aromatic heterocycles. The average molecular weight is 508 g/mol. The summed E-state index contributed by atoms with van der Waals surface area (Å²) >= 11 is 7.91. The lowest BCUT2D eigenvalue weighted by Crippen LogP contribution is -2.26. The lowest BCUT2D eigenvalue weighted by Gasteiger charge is -2.21. The Kier molecular flexibility index (Phi) is 6.71. The van der Waals surface area contributed by atoms with Gasteiger partial charge in [0.2, 0.25) is 0 Å². The van der Waals surface area contributed by atoms with E-state index in [0.717, 1.165) is 16.6 Å². The van der Waals surface area contributed by atoms with Crippen molar-refractivity contribution in [3.63, 3.8) is 0 Å². The van der Waals surface area contributed by atoms with E-state index in [1.165, 1.54) is 54.0 Å². The van der Waals surface area contributed by atoms with Crippen LogP contribution in [0, 0.1) is 19.8 Å². The van der Waals surface area contributed by atoms with E-state index < -0.39 is 33.3 Å². The molecular weight excluding hydrogens is 488 g/mol. The van der Waals surface area contributed by atoms with Gasteiger partial charge in [0.15, 0.2) is 5.82 Å². The Morgan fingerprint density at radius 3 is 2.45 bits per heavy atom. The second-order valence-electron chi connectivity index (χ2n) is 7.22. The summed E-state index contributed by atoms with van der Waals surface area (Å²) in [6.07, 6.45) is 0. The first-order valence-corrected chi connectivity index (χ1v) is 12.8. The van der Waals surface area contributed by atoms with Gasteiger partial charge >= 0.3 is 5.69 Å². The number of alkyl halides is 2. The molecule has 1 aromatic carbocycles. The molecule has 1 aromatic rings. The van der Waals surface area contributed by atoms with Crippen molar-refractivity contribution in [1.29, 1.82) is 0 Å². The second-order valence-corrected chi connectivity index (χ2v) is 11.8. The zero-order valence-corrected chi connectivity index (χ0v) is 20.3. The third-order valence-electron chi connectivity index (χ3n) is 4.73. The largest absolute Gasteiger partial charge is 0.354 e. The van der Waals surface area contributed by atoms with Gasteiger partial charge in [-0.1, -0.05) is 25.4 Å². The SMILES string of the molecule is Cc1sc(SCC(F)(F)C(C)C)c2c(NS(=O)(=O)c3ccc(Cl)cc3)nc(=O)n-2c1C. The smallest absolute Gasteiger partial charge is 0.261 e. The van der Waals surface area contributed by atoms with Gasteiger partial charge in [0.25, 0.3) is 15.9 Å². The van der Waals surface area contributed by atoms with Crippen molar-refractivity contribution < 1.29 is 17.2 Å². The van der Waals surface area contributed by atoms with E-state index in [9.17, 15) is 22.0 Å². The summed E-state index contributed by atoms with van der Waals surface area (Å²) in [7, 11) is -4.08. The summed E-state index contributed by atoms with van der Waals surface area (Å²) in [5.41, 5.74) is 0.0456. The van der Waals surface area contributed by atoms with Crippen molar-refractivity contribution in [3.8, 4) is 5.69 Å². The molecule has 2 aliphatic heterocycles. The number of halogens is 3. The highest BCUT2D eigenvalue weighted by molar-refractivity contribution is 8.01. The third-order valence-corrected chi connectivity index (χ3v) is 8.90. The number of thioether (sulfide) groups is 1. The van der Waals surface area contributed by atoms with Crippen molar-refractivity contribution in [1.82, 2.24) is 9.55 Å². The first-order chi connectivity index (χ1) is 14.3. The number of benzene rings is 1. The predicted molar refractivity (Wildman–Crippen MR) is 121 cm³/mol. The number of sulfonamides is 1. The van der Waals surface area contributed by atoms with Gasteiger partial charge in [0.05, 0.1) is 14.9 Å². The van der Waals surface area contributed by atoms with Gasteiger partial charge in [-0.15, -0.1) is 23.1 Å². The lowest BCUT2D eigenvalue weighted by atomic mass is 10.1. The highest BCUT2D eigenvalue weighted by atomic mass is 35.5. The van der Waals surface area contributed by atoms with Crippen LogP contribution in [-0.2, 0) is 10.0 Å². The number of rotatable bonds is 7. The van der Waals surface area contributed by atoms with Crippen molar-refractivity contribution in [2.75, 3.05) is 10.5 Å². The molecule has 0 bridgehead atoms. The molecule has 31 heavy (non-hydrogen) atoms. The van der Waals surface area contributed by atoms with Crippen LogP contribution < -0.4 is 10.4 Å². The van der Waals surface area contributed by atoms with Gasteiger partial charge in [-0.25, -0.2) is 22.0 Å². The molecule has 0 saturated carbocycles. The summed E-state index contributed by atoms with van der Waals surface area (Å²) in [6.45, 7) is 6.32. The number of hydrogen-bond donors (Lipinski definition) is 1. The molecule has 0 fully saturated rings. The lowest BCUT2D eigenvalue weighted by molar-refractivity contribution is -0.0199. The Bertz CT molecular complexity index is 1240. The molecule has 2 aliphatic rings. The average Bonchev–Trinajstić information content (AvgIpc) is 2.99. The van der Waals surface area contributed by atoms with E-state index in [0.29, 0.717) is 14.9 Å². The van der Waals surface area contributed by atoms with Gasteiger partial charge in [0.1, 0.15) is 5.69 Å². The fraction of sp³-hybridized carbons (Fsp3) is 0.368. The fourth-order valence-electron chi connectivity index (χ4n) is 2.62. The minimum Gasteiger partial charge on any atom is -0.261 e.